The first-order valence-corrected chi connectivity index (χ1v) is 10.6. The zero-order chi connectivity index (χ0) is 23.0. The molecule has 0 fully saturated rings. The Morgan fingerprint density at radius 3 is 2.35 bits per heavy atom. The third kappa shape index (κ3) is 5.75. The van der Waals surface area contributed by atoms with Crippen molar-refractivity contribution in [3.05, 3.63) is 46.0 Å². The van der Waals surface area contributed by atoms with Crippen LogP contribution in [0.2, 0.25) is 0 Å². The van der Waals surface area contributed by atoms with Gasteiger partial charge in [-0.1, -0.05) is 0 Å². The number of hydrazone groups is 1. The third-order valence-corrected chi connectivity index (χ3v) is 5.13. The molecule has 0 bridgehead atoms. The molecule has 1 N–H and O–H groups in total. The lowest BCUT2D eigenvalue weighted by Crippen LogP contribution is -2.19. The number of hydrogen-bond acceptors (Lipinski definition) is 9. The van der Waals surface area contributed by atoms with Gasteiger partial charge >= 0.3 is 5.69 Å². The second-order valence-electron chi connectivity index (χ2n) is 5.86. The smallest absolute Gasteiger partial charge is 0.315 e. The van der Waals surface area contributed by atoms with Crippen LogP contribution in [0.25, 0.3) is 0 Å². The van der Waals surface area contributed by atoms with Gasteiger partial charge in [-0.05, 0) is 32.0 Å². The fourth-order valence-electron chi connectivity index (χ4n) is 2.58. The second kappa shape index (κ2) is 10.5. The first-order valence-electron chi connectivity index (χ1n) is 9.12. The first-order chi connectivity index (χ1) is 14.8. The Morgan fingerprint density at radius 1 is 1.06 bits per heavy atom. The van der Waals surface area contributed by atoms with Crippen LogP contribution in [0.5, 0.6) is 23.0 Å². The Morgan fingerprint density at radius 2 is 1.77 bits per heavy atom. The Kier molecular flexibility index (Phi) is 8.02. The molecule has 0 spiro atoms. The molecule has 0 aliphatic heterocycles. The van der Waals surface area contributed by atoms with Crippen LogP contribution in [0.15, 0.2) is 40.3 Å². The lowest BCUT2D eigenvalue weighted by atomic mass is 10.2. The molecule has 2 aromatic carbocycles. The van der Waals surface area contributed by atoms with Gasteiger partial charge in [0.05, 0.1) is 38.6 Å². The molecule has 0 aliphatic rings. The Balaban J connectivity index is 2.38. The Labute approximate surface area is 179 Å². The number of sulfonamides is 1. The second-order valence-corrected chi connectivity index (χ2v) is 7.49. The maximum absolute atomic E-state index is 12.6. The van der Waals surface area contributed by atoms with Crippen molar-refractivity contribution in [3.8, 4) is 23.0 Å². The molecule has 11 nitrogen and oxygen atoms in total. The lowest BCUT2D eigenvalue weighted by Gasteiger charge is -2.12. The molecule has 0 atom stereocenters. The highest BCUT2D eigenvalue weighted by molar-refractivity contribution is 7.89. The van der Waals surface area contributed by atoms with Crippen molar-refractivity contribution in [2.24, 2.45) is 5.10 Å². The summed E-state index contributed by atoms with van der Waals surface area (Å²) in [5.41, 5.74) is -0.0921. The molecule has 2 aromatic rings. The largest absolute Gasteiger partial charge is 0.497 e. The van der Waals surface area contributed by atoms with Crippen molar-refractivity contribution < 1.29 is 32.3 Å². The molecule has 0 saturated heterocycles. The SMILES string of the molecule is CCOc1cc(/C=N/NS(=O)(=O)c2cc(OC)ccc2OC)cc([N+](=O)[O-])c1OCC. The van der Waals surface area contributed by atoms with Gasteiger partial charge in [0, 0.05) is 17.7 Å². The van der Waals surface area contributed by atoms with Crippen molar-refractivity contribution in [3.63, 3.8) is 0 Å². The molecule has 0 saturated carbocycles. The van der Waals surface area contributed by atoms with E-state index in [4.69, 9.17) is 18.9 Å². The predicted octanol–water partition coefficient (Wildman–Crippen LogP) is 2.72. The molecule has 0 aliphatic carbocycles. The average molecular weight is 453 g/mol. The summed E-state index contributed by atoms with van der Waals surface area (Å²) >= 11 is 0. The van der Waals surface area contributed by atoms with Crippen LogP contribution < -0.4 is 23.8 Å². The van der Waals surface area contributed by atoms with Gasteiger partial charge in [0.1, 0.15) is 16.4 Å². The van der Waals surface area contributed by atoms with Crippen LogP contribution in [-0.4, -0.2) is 47.0 Å². The van der Waals surface area contributed by atoms with E-state index in [2.05, 4.69) is 9.93 Å². The highest BCUT2D eigenvalue weighted by Gasteiger charge is 2.23. The number of benzene rings is 2. The Bertz CT molecular complexity index is 1070. The van der Waals surface area contributed by atoms with Crippen molar-refractivity contribution in [2.75, 3.05) is 27.4 Å². The van der Waals surface area contributed by atoms with E-state index in [1.54, 1.807) is 19.9 Å². The van der Waals surface area contributed by atoms with Gasteiger partial charge in [0.25, 0.3) is 10.0 Å². The van der Waals surface area contributed by atoms with E-state index in [0.717, 1.165) is 6.21 Å². The molecule has 0 unspecified atom stereocenters. The van der Waals surface area contributed by atoms with Crippen molar-refractivity contribution in [2.45, 2.75) is 18.7 Å². The number of rotatable bonds is 11. The molecule has 12 heteroatoms. The number of nitrogens with zero attached hydrogens (tertiary/aromatic N) is 2. The normalized spacial score (nSPS) is 11.2. The maximum atomic E-state index is 12.6. The average Bonchev–Trinajstić information content (AvgIpc) is 2.74. The molecule has 168 valence electrons. The van der Waals surface area contributed by atoms with E-state index in [9.17, 15) is 18.5 Å². The van der Waals surface area contributed by atoms with E-state index in [-0.39, 0.29) is 46.6 Å². The van der Waals surface area contributed by atoms with E-state index in [0.29, 0.717) is 5.75 Å². The van der Waals surface area contributed by atoms with Crippen LogP contribution in [0, 0.1) is 10.1 Å². The molecular formula is C19H23N3O8S. The minimum atomic E-state index is -4.11. The van der Waals surface area contributed by atoms with Crippen LogP contribution in [0.3, 0.4) is 0 Å². The molecule has 0 aromatic heterocycles. The molecule has 0 radical (unpaired) electrons. The predicted molar refractivity (Wildman–Crippen MR) is 113 cm³/mol. The summed E-state index contributed by atoms with van der Waals surface area (Å²) in [6, 6.07) is 6.95. The quantitative estimate of drug-likeness (QED) is 0.311. The van der Waals surface area contributed by atoms with Gasteiger partial charge in [-0.3, -0.25) is 10.1 Å². The van der Waals surface area contributed by atoms with Gasteiger partial charge in [0.15, 0.2) is 5.75 Å². The highest BCUT2D eigenvalue weighted by Crippen LogP contribution is 2.38. The topological polar surface area (TPSA) is 139 Å². The summed E-state index contributed by atoms with van der Waals surface area (Å²) in [6.07, 6.45) is 1.12. The summed E-state index contributed by atoms with van der Waals surface area (Å²) in [5, 5.41) is 15.2. The summed E-state index contributed by atoms with van der Waals surface area (Å²) < 4.78 is 46.2. The zero-order valence-corrected chi connectivity index (χ0v) is 18.3. The monoisotopic (exact) mass is 453 g/mol. The number of ether oxygens (including phenoxy) is 4. The van der Waals surface area contributed by atoms with Gasteiger partial charge < -0.3 is 18.9 Å². The highest BCUT2D eigenvalue weighted by atomic mass is 32.2. The van der Waals surface area contributed by atoms with E-state index >= 15 is 0 Å². The summed E-state index contributed by atoms with van der Waals surface area (Å²) in [5.74, 6) is 0.554. The summed E-state index contributed by atoms with van der Waals surface area (Å²) in [6.45, 7) is 3.87. The van der Waals surface area contributed by atoms with Crippen molar-refractivity contribution in [1.82, 2.24) is 4.83 Å². The number of nitro benzene ring substituents is 1. The van der Waals surface area contributed by atoms with E-state index < -0.39 is 14.9 Å². The summed E-state index contributed by atoms with van der Waals surface area (Å²) in [4.78, 5) is 12.7. The van der Waals surface area contributed by atoms with Gasteiger partial charge in [0.2, 0.25) is 5.75 Å². The van der Waals surface area contributed by atoms with E-state index in [1.165, 1.54) is 38.5 Å². The lowest BCUT2D eigenvalue weighted by molar-refractivity contribution is -0.385. The molecule has 2 rings (SSSR count). The Hall–Kier alpha value is -3.54. The molecular weight excluding hydrogens is 430 g/mol. The minimum Gasteiger partial charge on any atom is -0.497 e. The number of hydrogen-bond donors (Lipinski definition) is 1. The molecule has 0 amide bonds. The van der Waals surface area contributed by atoms with Crippen LogP contribution >= 0.6 is 0 Å². The standard InChI is InChI=1S/C19H23N3O8S/c1-5-29-17-10-13(9-15(22(23)24)19(17)30-6-2)12-20-21-31(25,26)18-11-14(27-3)7-8-16(18)28-4/h7-12,21H,5-6H2,1-4H3/b20-12+. The fourth-order valence-corrected chi connectivity index (χ4v) is 3.56. The van der Waals surface area contributed by atoms with Crippen molar-refractivity contribution >= 4 is 21.9 Å². The van der Waals surface area contributed by atoms with Crippen molar-refractivity contribution in [1.29, 1.82) is 0 Å². The third-order valence-electron chi connectivity index (χ3n) is 3.89. The van der Waals surface area contributed by atoms with Crippen LogP contribution in [0.1, 0.15) is 19.4 Å². The number of nitrogens with one attached hydrogen (secondary N) is 1. The summed E-state index contributed by atoms with van der Waals surface area (Å²) in [7, 11) is -1.38. The maximum Gasteiger partial charge on any atom is 0.315 e. The molecule has 0 heterocycles. The molecule has 31 heavy (non-hydrogen) atoms. The van der Waals surface area contributed by atoms with Crippen LogP contribution in [-0.2, 0) is 10.0 Å². The van der Waals surface area contributed by atoms with Gasteiger partial charge in [-0.25, -0.2) is 0 Å². The van der Waals surface area contributed by atoms with Crippen LogP contribution in [0.4, 0.5) is 5.69 Å². The fraction of sp³-hybridized carbons (Fsp3) is 0.316. The zero-order valence-electron chi connectivity index (χ0n) is 17.4. The minimum absolute atomic E-state index is 0.00630. The number of methoxy groups -OCH3 is 2. The van der Waals surface area contributed by atoms with E-state index in [1.807, 2.05) is 0 Å². The number of nitro groups is 1. The van der Waals surface area contributed by atoms with Gasteiger partial charge in [-0.15, -0.1) is 0 Å². The first kappa shape index (κ1) is 23.7. The van der Waals surface area contributed by atoms with Gasteiger partial charge in [-0.2, -0.15) is 18.4 Å².